The van der Waals surface area contributed by atoms with Crippen LogP contribution >= 0.6 is 11.8 Å². The summed E-state index contributed by atoms with van der Waals surface area (Å²) in [4.78, 5) is 11.7. The number of carbonyl (C=O) groups is 1. The summed E-state index contributed by atoms with van der Waals surface area (Å²) >= 11 is 0.880. The van der Waals surface area contributed by atoms with Crippen molar-refractivity contribution in [3.8, 4) is 0 Å². The summed E-state index contributed by atoms with van der Waals surface area (Å²) < 4.78 is 39.7. The van der Waals surface area contributed by atoms with E-state index in [0.29, 0.717) is 5.56 Å². The lowest BCUT2D eigenvalue weighted by Crippen LogP contribution is -2.30. The number of thioether (sulfide) groups is 1. The Balaban J connectivity index is 2.36. The number of hydrogen-bond acceptors (Lipinski definition) is 2. The van der Waals surface area contributed by atoms with Crippen molar-refractivity contribution < 1.29 is 18.0 Å². The van der Waals surface area contributed by atoms with Crippen molar-refractivity contribution in [1.29, 1.82) is 0 Å². The topological polar surface area (TPSA) is 17.1 Å². The molecule has 5 heteroatoms. The van der Waals surface area contributed by atoms with Crippen LogP contribution in [0.25, 0.3) is 0 Å². The number of rotatable bonds is 7. The highest BCUT2D eigenvalue weighted by atomic mass is 32.2. The van der Waals surface area contributed by atoms with Crippen LogP contribution in [-0.4, -0.2) is 23.0 Å². The van der Waals surface area contributed by atoms with Gasteiger partial charge in [0.1, 0.15) is 0 Å². The molecule has 1 unspecified atom stereocenters. The van der Waals surface area contributed by atoms with Crippen LogP contribution in [0.1, 0.15) is 36.5 Å². The van der Waals surface area contributed by atoms with Gasteiger partial charge in [0.25, 0.3) is 5.92 Å². The molecule has 0 N–H and O–H groups in total. The highest BCUT2D eigenvalue weighted by Crippen LogP contribution is 2.30. The Bertz CT molecular complexity index is 395. The molecule has 19 heavy (non-hydrogen) atoms. The van der Waals surface area contributed by atoms with Crippen LogP contribution in [0.5, 0.6) is 0 Å². The van der Waals surface area contributed by atoms with Gasteiger partial charge in [0.15, 0.2) is 6.17 Å². The molecule has 1 atom stereocenters. The summed E-state index contributed by atoms with van der Waals surface area (Å²) in [6, 6.07) is 8.52. The number of alkyl halides is 3. The van der Waals surface area contributed by atoms with Crippen LogP contribution in [0, 0.1) is 0 Å². The molecular weight excluding hydrogens is 273 g/mol. The van der Waals surface area contributed by atoms with E-state index in [4.69, 9.17) is 0 Å². The van der Waals surface area contributed by atoms with Crippen molar-refractivity contribution in [3.63, 3.8) is 0 Å². The third-order valence-electron chi connectivity index (χ3n) is 2.66. The van der Waals surface area contributed by atoms with Crippen LogP contribution in [0.3, 0.4) is 0 Å². The summed E-state index contributed by atoms with van der Waals surface area (Å²) in [7, 11) is 0. The summed E-state index contributed by atoms with van der Waals surface area (Å²) in [5, 5.41) is -0.216. The van der Waals surface area contributed by atoms with Crippen molar-refractivity contribution in [2.24, 2.45) is 0 Å². The molecule has 0 radical (unpaired) electrons. The second-order valence-electron chi connectivity index (χ2n) is 4.27. The second kappa shape index (κ2) is 7.58. The molecule has 0 spiro atoms. The van der Waals surface area contributed by atoms with Crippen LogP contribution in [0.15, 0.2) is 30.3 Å². The van der Waals surface area contributed by atoms with Gasteiger partial charge in [-0.3, -0.25) is 4.79 Å². The zero-order chi connectivity index (χ0) is 14.3. The van der Waals surface area contributed by atoms with Crippen molar-refractivity contribution >= 4 is 16.9 Å². The van der Waals surface area contributed by atoms with Crippen molar-refractivity contribution in [2.75, 3.05) is 5.75 Å². The monoisotopic (exact) mass is 290 g/mol. The van der Waals surface area contributed by atoms with E-state index >= 15 is 0 Å². The largest absolute Gasteiger partial charge is 0.282 e. The Kier molecular flexibility index (Phi) is 6.42. The lowest BCUT2D eigenvalue weighted by Gasteiger charge is -2.19. The van der Waals surface area contributed by atoms with E-state index in [9.17, 15) is 18.0 Å². The fraction of sp³-hybridized carbons (Fsp3) is 0.500. The van der Waals surface area contributed by atoms with Crippen molar-refractivity contribution in [2.45, 2.75) is 38.3 Å². The molecule has 0 aliphatic heterocycles. The normalized spacial score (nSPS) is 13.3. The first kappa shape index (κ1) is 16.1. The molecule has 0 amide bonds. The van der Waals surface area contributed by atoms with Gasteiger partial charge in [0.05, 0.1) is 0 Å². The van der Waals surface area contributed by atoms with Crippen LogP contribution in [-0.2, 0) is 0 Å². The van der Waals surface area contributed by atoms with E-state index in [0.717, 1.165) is 11.8 Å². The first-order valence-corrected chi connectivity index (χ1v) is 7.20. The Hall–Kier alpha value is -0.970. The standard InChI is InChI=1S/C14H17F3OS/c1-2-9-14(16,17)12(15)8-10-19-13(18)11-6-4-3-5-7-11/h3-7,12H,2,8-10H2,1H3. The molecule has 1 rings (SSSR count). The highest BCUT2D eigenvalue weighted by molar-refractivity contribution is 8.14. The number of hydrogen-bond donors (Lipinski definition) is 0. The van der Waals surface area contributed by atoms with E-state index < -0.39 is 18.5 Å². The zero-order valence-electron chi connectivity index (χ0n) is 10.7. The predicted molar refractivity (Wildman–Crippen MR) is 72.6 cm³/mol. The van der Waals surface area contributed by atoms with Crippen molar-refractivity contribution in [3.05, 3.63) is 35.9 Å². The quantitative estimate of drug-likeness (QED) is 0.722. The third-order valence-corrected chi connectivity index (χ3v) is 3.59. The van der Waals surface area contributed by atoms with Gasteiger partial charge in [-0.05, 0) is 6.42 Å². The van der Waals surface area contributed by atoms with E-state index in [2.05, 4.69) is 0 Å². The number of carbonyl (C=O) groups excluding carboxylic acids is 1. The van der Waals surface area contributed by atoms with Gasteiger partial charge in [0.2, 0.25) is 5.12 Å². The Labute approximate surface area is 115 Å². The second-order valence-corrected chi connectivity index (χ2v) is 5.34. The van der Waals surface area contributed by atoms with Crippen molar-refractivity contribution in [1.82, 2.24) is 0 Å². The van der Waals surface area contributed by atoms with E-state index in [1.54, 1.807) is 37.3 Å². The van der Waals surface area contributed by atoms with Gasteiger partial charge in [-0.1, -0.05) is 55.4 Å². The molecule has 0 saturated carbocycles. The van der Waals surface area contributed by atoms with Crippen LogP contribution in [0.4, 0.5) is 13.2 Å². The van der Waals surface area contributed by atoms with Gasteiger partial charge in [-0.25, -0.2) is 13.2 Å². The van der Waals surface area contributed by atoms with Gasteiger partial charge in [-0.2, -0.15) is 0 Å². The average molecular weight is 290 g/mol. The summed E-state index contributed by atoms with van der Waals surface area (Å²) in [6.45, 7) is 1.59. The molecule has 106 valence electrons. The zero-order valence-corrected chi connectivity index (χ0v) is 11.6. The minimum absolute atomic E-state index is 0.0637. The molecule has 0 saturated heterocycles. The molecule has 0 aliphatic carbocycles. The molecule has 1 aromatic rings. The Morgan fingerprint density at radius 3 is 2.53 bits per heavy atom. The molecule has 0 aromatic heterocycles. The molecule has 0 aliphatic rings. The number of halogens is 3. The molecule has 0 bridgehead atoms. The van der Waals surface area contributed by atoms with E-state index in [-0.39, 0.29) is 23.7 Å². The van der Waals surface area contributed by atoms with Crippen LogP contribution in [0.2, 0.25) is 0 Å². The third kappa shape index (κ3) is 5.27. The van der Waals surface area contributed by atoms with E-state index in [1.165, 1.54) is 0 Å². The highest BCUT2D eigenvalue weighted by Gasteiger charge is 2.38. The fourth-order valence-corrected chi connectivity index (χ4v) is 2.43. The van der Waals surface area contributed by atoms with E-state index in [1.807, 2.05) is 0 Å². The first-order chi connectivity index (χ1) is 8.97. The Morgan fingerprint density at radius 1 is 1.32 bits per heavy atom. The molecular formula is C14H17F3OS. The fourth-order valence-electron chi connectivity index (χ4n) is 1.61. The minimum Gasteiger partial charge on any atom is -0.282 e. The van der Waals surface area contributed by atoms with Gasteiger partial charge in [0, 0.05) is 17.7 Å². The van der Waals surface area contributed by atoms with Gasteiger partial charge in [-0.15, -0.1) is 0 Å². The van der Waals surface area contributed by atoms with Gasteiger partial charge < -0.3 is 0 Å². The molecule has 1 nitrogen and oxygen atoms in total. The summed E-state index contributed by atoms with van der Waals surface area (Å²) in [5.74, 6) is -3.22. The maximum absolute atomic E-state index is 13.3. The molecule has 1 aromatic carbocycles. The smallest absolute Gasteiger partial charge is 0.278 e. The average Bonchev–Trinajstić information content (AvgIpc) is 2.39. The maximum Gasteiger partial charge on any atom is 0.278 e. The van der Waals surface area contributed by atoms with Crippen LogP contribution < -0.4 is 0 Å². The van der Waals surface area contributed by atoms with Gasteiger partial charge >= 0.3 is 0 Å². The lowest BCUT2D eigenvalue weighted by molar-refractivity contribution is -0.0792. The predicted octanol–water partition coefficient (Wildman–Crippen LogP) is 4.72. The SMILES string of the molecule is CCCC(F)(F)C(F)CCSC(=O)c1ccccc1. The molecule has 0 fully saturated rings. The maximum atomic E-state index is 13.3. The summed E-state index contributed by atoms with van der Waals surface area (Å²) in [5.41, 5.74) is 0.503. The Morgan fingerprint density at radius 2 is 1.95 bits per heavy atom. The molecule has 0 heterocycles. The minimum atomic E-state index is -3.29. The lowest BCUT2D eigenvalue weighted by atomic mass is 10.1. The first-order valence-electron chi connectivity index (χ1n) is 6.21. The number of benzene rings is 1. The summed E-state index contributed by atoms with van der Waals surface area (Å²) in [6.07, 6.45) is -2.70.